The van der Waals surface area contributed by atoms with E-state index in [9.17, 15) is 22.4 Å². The Morgan fingerprint density at radius 1 is 1.17 bits per heavy atom. The molecule has 0 atom stereocenters. The third-order valence-electron chi connectivity index (χ3n) is 2.07. The van der Waals surface area contributed by atoms with Gasteiger partial charge in [0, 0.05) is 6.07 Å². The van der Waals surface area contributed by atoms with Crippen molar-refractivity contribution in [1.82, 2.24) is 15.0 Å². The number of aromatic nitrogens is 3. The van der Waals surface area contributed by atoms with Crippen molar-refractivity contribution < 1.29 is 27.5 Å². The fourth-order valence-electron chi connectivity index (χ4n) is 1.29. The van der Waals surface area contributed by atoms with Gasteiger partial charge in [-0.05, 0) is 0 Å². The van der Waals surface area contributed by atoms with Crippen LogP contribution in [0.15, 0.2) is 12.3 Å². The highest BCUT2D eigenvalue weighted by Crippen LogP contribution is 2.23. The molecule has 2 aromatic rings. The summed E-state index contributed by atoms with van der Waals surface area (Å²) in [5.41, 5.74) is -2.01. The van der Waals surface area contributed by atoms with E-state index in [1.165, 1.54) is 0 Å². The number of hydrogen-bond acceptors (Lipinski definition) is 3. The van der Waals surface area contributed by atoms with Gasteiger partial charge in [-0.2, -0.15) is 4.68 Å². The van der Waals surface area contributed by atoms with Gasteiger partial charge in [0.05, 0.1) is 6.20 Å². The summed E-state index contributed by atoms with van der Waals surface area (Å²) in [6.45, 7) is 0. The van der Waals surface area contributed by atoms with Crippen molar-refractivity contribution >= 4 is 5.97 Å². The van der Waals surface area contributed by atoms with Gasteiger partial charge in [-0.15, -0.1) is 5.10 Å². The van der Waals surface area contributed by atoms with Crippen LogP contribution in [0.25, 0.3) is 5.69 Å². The summed E-state index contributed by atoms with van der Waals surface area (Å²) in [4.78, 5) is 10.7. The first-order valence-electron chi connectivity index (χ1n) is 4.41. The largest absolute Gasteiger partial charge is 0.476 e. The van der Waals surface area contributed by atoms with Gasteiger partial charge >= 0.3 is 5.97 Å². The molecule has 1 heterocycles. The topological polar surface area (TPSA) is 68.0 Å². The molecule has 0 saturated heterocycles. The van der Waals surface area contributed by atoms with Gasteiger partial charge < -0.3 is 5.11 Å². The van der Waals surface area contributed by atoms with E-state index in [0.29, 0.717) is 6.20 Å². The molecule has 94 valence electrons. The average molecular weight is 261 g/mol. The molecule has 0 aliphatic heterocycles. The van der Waals surface area contributed by atoms with Crippen LogP contribution in [0.4, 0.5) is 17.6 Å². The molecule has 0 unspecified atom stereocenters. The van der Waals surface area contributed by atoms with Gasteiger partial charge in [0.25, 0.3) is 0 Å². The second-order valence-corrected chi connectivity index (χ2v) is 3.15. The number of benzene rings is 1. The average Bonchev–Trinajstić information content (AvgIpc) is 2.76. The summed E-state index contributed by atoms with van der Waals surface area (Å²) in [6.07, 6.45) is 0.685. The Morgan fingerprint density at radius 2 is 1.72 bits per heavy atom. The second kappa shape index (κ2) is 4.09. The molecule has 0 spiro atoms. The van der Waals surface area contributed by atoms with E-state index < -0.39 is 40.6 Å². The third kappa shape index (κ3) is 1.69. The van der Waals surface area contributed by atoms with E-state index in [1.54, 1.807) is 0 Å². The van der Waals surface area contributed by atoms with Crippen molar-refractivity contribution in [3.63, 3.8) is 0 Å². The SMILES string of the molecule is O=C(O)c1cnnn1-c1c(F)c(F)cc(F)c1F. The number of halogens is 4. The lowest BCUT2D eigenvalue weighted by Crippen LogP contribution is -2.13. The molecule has 0 radical (unpaired) electrons. The molecular formula is C9H3F4N3O2. The lowest BCUT2D eigenvalue weighted by atomic mass is 10.2. The van der Waals surface area contributed by atoms with Crippen LogP contribution in [0.3, 0.4) is 0 Å². The summed E-state index contributed by atoms with van der Waals surface area (Å²) >= 11 is 0. The Labute approximate surface area is 96.3 Å². The number of carbonyl (C=O) groups is 1. The van der Waals surface area contributed by atoms with Crippen molar-refractivity contribution in [3.05, 3.63) is 41.2 Å². The first kappa shape index (κ1) is 12.0. The zero-order chi connectivity index (χ0) is 13.4. The normalized spacial score (nSPS) is 10.7. The number of hydrogen-bond donors (Lipinski definition) is 1. The van der Waals surface area contributed by atoms with Gasteiger partial charge in [0.15, 0.2) is 29.0 Å². The Bertz CT molecular complexity index is 615. The summed E-state index contributed by atoms with van der Waals surface area (Å²) in [5.74, 6) is -8.47. The van der Waals surface area contributed by atoms with E-state index in [1.807, 2.05) is 0 Å². The summed E-state index contributed by atoms with van der Waals surface area (Å²) in [7, 11) is 0. The maximum Gasteiger partial charge on any atom is 0.356 e. The number of carboxylic acids is 1. The molecule has 0 fully saturated rings. The van der Waals surface area contributed by atoms with E-state index in [4.69, 9.17) is 5.11 Å². The molecule has 0 bridgehead atoms. The van der Waals surface area contributed by atoms with Crippen molar-refractivity contribution in [2.24, 2.45) is 0 Å². The molecule has 2 rings (SSSR count). The van der Waals surface area contributed by atoms with Gasteiger partial charge in [0.2, 0.25) is 0 Å². The summed E-state index contributed by atoms with van der Waals surface area (Å²) in [6, 6.07) is 0.00549. The molecule has 9 heteroatoms. The molecule has 0 aliphatic rings. The summed E-state index contributed by atoms with van der Waals surface area (Å²) in [5, 5.41) is 14.9. The van der Waals surface area contributed by atoms with Gasteiger partial charge in [-0.25, -0.2) is 22.4 Å². The molecule has 1 aromatic carbocycles. The van der Waals surface area contributed by atoms with E-state index >= 15 is 0 Å². The number of carboxylic acid groups (broad SMARTS) is 1. The molecule has 5 nitrogen and oxygen atoms in total. The van der Waals surface area contributed by atoms with E-state index in [2.05, 4.69) is 10.3 Å². The minimum atomic E-state index is -1.76. The number of nitrogens with zero attached hydrogens (tertiary/aromatic N) is 3. The highest BCUT2D eigenvalue weighted by Gasteiger charge is 2.25. The predicted molar refractivity (Wildman–Crippen MR) is 48.2 cm³/mol. The first-order chi connectivity index (χ1) is 8.43. The monoisotopic (exact) mass is 261 g/mol. The zero-order valence-corrected chi connectivity index (χ0v) is 8.36. The van der Waals surface area contributed by atoms with Crippen LogP contribution < -0.4 is 0 Å². The molecule has 18 heavy (non-hydrogen) atoms. The van der Waals surface area contributed by atoms with Crippen LogP contribution in [0.2, 0.25) is 0 Å². The Hall–Kier alpha value is -2.45. The van der Waals surface area contributed by atoms with Gasteiger partial charge in [-0.1, -0.05) is 5.21 Å². The maximum absolute atomic E-state index is 13.4. The van der Waals surface area contributed by atoms with Crippen molar-refractivity contribution in [2.75, 3.05) is 0 Å². The minimum Gasteiger partial charge on any atom is -0.476 e. The minimum absolute atomic E-state index is 0.00549. The number of rotatable bonds is 2. The molecule has 0 amide bonds. The number of aromatic carboxylic acids is 1. The smallest absolute Gasteiger partial charge is 0.356 e. The van der Waals surface area contributed by atoms with Crippen molar-refractivity contribution in [2.45, 2.75) is 0 Å². The fourth-order valence-corrected chi connectivity index (χ4v) is 1.29. The first-order valence-corrected chi connectivity index (χ1v) is 4.41. The molecule has 1 aromatic heterocycles. The Morgan fingerprint density at radius 3 is 2.22 bits per heavy atom. The fraction of sp³-hybridized carbons (Fsp3) is 0. The van der Waals surface area contributed by atoms with Gasteiger partial charge in [0.1, 0.15) is 5.69 Å². The molecule has 1 N–H and O–H groups in total. The Balaban J connectivity index is 2.79. The van der Waals surface area contributed by atoms with Crippen LogP contribution in [-0.2, 0) is 0 Å². The predicted octanol–water partition coefficient (Wildman–Crippen LogP) is 1.52. The van der Waals surface area contributed by atoms with Crippen LogP contribution in [0.5, 0.6) is 0 Å². The molecular weight excluding hydrogens is 258 g/mol. The Kier molecular flexibility index (Phi) is 2.73. The van der Waals surface area contributed by atoms with Crippen LogP contribution in [-0.4, -0.2) is 26.1 Å². The highest BCUT2D eigenvalue weighted by molar-refractivity contribution is 5.85. The molecule has 0 saturated carbocycles. The lowest BCUT2D eigenvalue weighted by Gasteiger charge is -2.07. The van der Waals surface area contributed by atoms with E-state index in [-0.39, 0.29) is 10.7 Å². The van der Waals surface area contributed by atoms with Crippen molar-refractivity contribution in [1.29, 1.82) is 0 Å². The zero-order valence-electron chi connectivity index (χ0n) is 8.36. The lowest BCUT2D eigenvalue weighted by molar-refractivity contribution is 0.0686. The standard InChI is InChI=1S/C9H3F4N3O2/c10-3-1-4(11)7(13)8(6(3)12)16-5(9(17)18)2-14-15-16/h1-2H,(H,17,18). The van der Waals surface area contributed by atoms with Gasteiger partial charge in [-0.3, -0.25) is 0 Å². The molecule has 0 aliphatic carbocycles. The van der Waals surface area contributed by atoms with Crippen molar-refractivity contribution in [3.8, 4) is 5.69 Å². The van der Waals surface area contributed by atoms with Crippen LogP contribution in [0, 0.1) is 23.3 Å². The second-order valence-electron chi connectivity index (χ2n) is 3.15. The third-order valence-corrected chi connectivity index (χ3v) is 2.07. The quantitative estimate of drug-likeness (QED) is 0.657. The van der Waals surface area contributed by atoms with E-state index in [0.717, 1.165) is 0 Å². The van der Waals surface area contributed by atoms with Crippen LogP contribution in [0.1, 0.15) is 10.5 Å². The maximum atomic E-state index is 13.4. The highest BCUT2D eigenvalue weighted by atomic mass is 19.2. The summed E-state index contributed by atoms with van der Waals surface area (Å²) < 4.78 is 52.8. The van der Waals surface area contributed by atoms with Crippen LogP contribution >= 0.6 is 0 Å².